The van der Waals surface area contributed by atoms with Crippen LogP contribution in [0.4, 0.5) is 10.1 Å². The van der Waals surface area contributed by atoms with E-state index in [0.717, 1.165) is 16.6 Å². The van der Waals surface area contributed by atoms with Crippen molar-refractivity contribution in [2.45, 2.75) is 6.42 Å². The predicted molar refractivity (Wildman–Crippen MR) is 60.8 cm³/mol. The molecule has 0 aliphatic heterocycles. The van der Waals surface area contributed by atoms with Crippen molar-refractivity contribution in [3.63, 3.8) is 0 Å². The van der Waals surface area contributed by atoms with Crippen LogP contribution in [0.15, 0.2) is 24.3 Å². The van der Waals surface area contributed by atoms with E-state index in [9.17, 15) is 17.6 Å². The molecular formula is C10H12FNO4S. The molecule has 1 aromatic carbocycles. The lowest BCUT2D eigenvalue weighted by molar-refractivity contribution is -0.136. The summed E-state index contributed by atoms with van der Waals surface area (Å²) in [6, 6.07) is 5.00. The summed E-state index contributed by atoms with van der Waals surface area (Å²) in [4.78, 5) is 10.4. The number of carboxylic acids is 1. The third kappa shape index (κ3) is 4.03. The molecule has 7 heteroatoms. The first kappa shape index (κ1) is 13.4. The number of nitrogens with zero attached hydrogens (tertiary/aromatic N) is 1. The topological polar surface area (TPSA) is 74.7 Å². The normalized spacial score (nSPS) is 11.2. The summed E-state index contributed by atoms with van der Waals surface area (Å²) in [5.74, 6) is -1.69. The minimum absolute atomic E-state index is 0.119. The molecule has 5 nitrogen and oxygen atoms in total. The fraction of sp³-hybridized carbons (Fsp3) is 0.300. The van der Waals surface area contributed by atoms with E-state index >= 15 is 0 Å². The lowest BCUT2D eigenvalue weighted by atomic mass is 10.3. The van der Waals surface area contributed by atoms with Crippen LogP contribution in [-0.2, 0) is 14.8 Å². The Labute approximate surface area is 98.5 Å². The number of aliphatic carboxylic acids is 1. The van der Waals surface area contributed by atoms with Crippen LogP contribution in [0, 0.1) is 5.82 Å². The van der Waals surface area contributed by atoms with Gasteiger partial charge in [0.2, 0.25) is 10.0 Å². The van der Waals surface area contributed by atoms with Gasteiger partial charge in [-0.05, 0) is 18.2 Å². The van der Waals surface area contributed by atoms with Crippen molar-refractivity contribution in [1.82, 2.24) is 0 Å². The number of sulfonamides is 1. The van der Waals surface area contributed by atoms with Gasteiger partial charge in [0.15, 0.2) is 0 Å². The maximum atomic E-state index is 13.0. The molecular weight excluding hydrogens is 249 g/mol. The summed E-state index contributed by atoms with van der Waals surface area (Å²) in [5.41, 5.74) is 0.119. The summed E-state index contributed by atoms with van der Waals surface area (Å²) >= 11 is 0. The molecule has 0 atom stereocenters. The molecule has 0 fully saturated rings. The number of rotatable bonds is 5. The number of carboxylic acid groups (broad SMARTS) is 1. The molecule has 0 unspecified atom stereocenters. The van der Waals surface area contributed by atoms with E-state index in [2.05, 4.69) is 0 Å². The van der Waals surface area contributed by atoms with Crippen LogP contribution >= 0.6 is 0 Å². The molecule has 0 spiro atoms. The molecule has 0 bridgehead atoms. The monoisotopic (exact) mass is 261 g/mol. The largest absolute Gasteiger partial charge is 0.481 e. The summed E-state index contributed by atoms with van der Waals surface area (Å²) < 4.78 is 36.8. The lowest BCUT2D eigenvalue weighted by Gasteiger charge is -2.21. The van der Waals surface area contributed by atoms with E-state index in [-0.39, 0.29) is 18.7 Å². The van der Waals surface area contributed by atoms with E-state index in [1.54, 1.807) is 0 Å². The Kier molecular flexibility index (Phi) is 4.06. The molecule has 1 aromatic rings. The van der Waals surface area contributed by atoms with Crippen LogP contribution in [0.3, 0.4) is 0 Å². The van der Waals surface area contributed by atoms with Gasteiger partial charge in [0.05, 0.1) is 18.4 Å². The van der Waals surface area contributed by atoms with Gasteiger partial charge in [-0.1, -0.05) is 6.07 Å². The summed E-state index contributed by atoms with van der Waals surface area (Å²) in [5, 5.41) is 8.53. The molecule has 1 N–H and O–H groups in total. The second-order valence-electron chi connectivity index (χ2n) is 3.46. The number of anilines is 1. The Bertz CT molecular complexity index is 515. The van der Waals surface area contributed by atoms with Crippen molar-refractivity contribution in [2.75, 3.05) is 17.1 Å². The maximum Gasteiger partial charge on any atom is 0.305 e. The number of halogens is 1. The quantitative estimate of drug-likeness (QED) is 0.860. The Morgan fingerprint density at radius 2 is 2.12 bits per heavy atom. The van der Waals surface area contributed by atoms with E-state index in [1.165, 1.54) is 18.2 Å². The predicted octanol–water partition coefficient (Wildman–Crippen LogP) is 1.07. The number of benzene rings is 1. The highest BCUT2D eigenvalue weighted by Gasteiger charge is 2.18. The number of hydrogen-bond acceptors (Lipinski definition) is 3. The molecule has 0 saturated heterocycles. The van der Waals surface area contributed by atoms with Crippen molar-refractivity contribution in [3.05, 3.63) is 30.1 Å². The Hall–Kier alpha value is -1.63. The average molecular weight is 261 g/mol. The van der Waals surface area contributed by atoms with E-state index in [4.69, 9.17) is 5.11 Å². The van der Waals surface area contributed by atoms with Crippen LogP contribution in [0.5, 0.6) is 0 Å². The van der Waals surface area contributed by atoms with Gasteiger partial charge in [0.1, 0.15) is 5.82 Å². The van der Waals surface area contributed by atoms with E-state index < -0.39 is 21.8 Å². The summed E-state index contributed by atoms with van der Waals surface area (Å²) in [7, 11) is -3.63. The van der Waals surface area contributed by atoms with Crippen LogP contribution in [0.1, 0.15) is 6.42 Å². The zero-order chi connectivity index (χ0) is 13.1. The minimum Gasteiger partial charge on any atom is -0.481 e. The standard InChI is InChI=1S/C10H12FNO4S/c1-17(15,16)12(6-5-10(13)14)9-4-2-3-8(11)7-9/h2-4,7H,5-6H2,1H3,(H,13,14). The van der Waals surface area contributed by atoms with Crippen LogP contribution in [0.25, 0.3) is 0 Å². The van der Waals surface area contributed by atoms with E-state index in [0.29, 0.717) is 0 Å². The molecule has 0 heterocycles. The second kappa shape index (κ2) is 5.13. The first-order valence-corrected chi connectivity index (χ1v) is 6.60. The van der Waals surface area contributed by atoms with Gasteiger partial charge in [-0.15, -0.1) is 0 Å². The van der Waals surface area contributed by atoms with Gasteiger partial charge in [0, 0.05) is 6.54 Å². The third-order valence-electron chi connectivity index (χ3n) is 2.03. The molecule has 1 rings (SSSR count). The van der Waals surface area contributed by atoms with Crippen molar-refractivity contribution >= 4 is 21.7 Å². The molecule has 0 radical (unpaired) electrons. The summed E-state index contributed by atoms with van der Waals surface area (Å²) in [6.07, 6.45) is 0.601. The van der Waals surface area contributed by atoms with Gasteiger partial charge in [-0.3, -0.25) is 9.10 Å². The third-order valence-corrected chi connectivity index (χ3v) is 3.22. The smallest absolute Gasteiger partial charge is 0.305 e. The average Bonchev–Trinajstić information content (AvgIpc) is 2.15. The molecule has 0 aliphatic carbocycles. The molecule has 0 aromatic heterocycles. The molecule has 17 heavy (non-hydrogen) atoms. The lowest BCUT2D eigenvalue weighted by Crippen LogP contribution is -2.32. The second-order valence-corrected chi connectivity index (χ2v) is 5.37. The van der Waals surface area contributed by atoms with Crippen molar-refractivity contribution in [2.24, 2.45) is 0 Å². The van der Waals surface area contributed by atoms with Gasteiger partial charge in [-0.25, -0.2) is 12.8 Å². The Balaban J connectivity index is 3.03. The summed E-state index contributed by atoms with van der Waals surface area (Å²) in [6.45, 7) is -0.225. The fourth-order valence-electron chi connectivity index (χ4n) is 1.31. The van der Waals surface area contributed by atoms with Gasteiger partial charge >= 0.3 is 5.97 Å². The molecule has 0 amide bonds. The number of carbonyl (C=O) groups is 1. The fourth-order valence-corrected chi connectivity index (χ4v) is 2.23. The highest BCUT2D eigenvalue weighted by atomic mass is 32.2. The highest BCUT2D eigenvalue weighted by Crippen LogP contribution is 2.18. The molecule has 0 aliphatic rings. The van der Waals surface area contributed by atoms with Crippen molar-refractivity contribution in [1.29, 1.82) is 0 Å². The minimum atomic E-state index is -3.63. The Morgan fingerprint density at radius 1 is 1.47 bits per heavy atom. The molecule has 94 valence electrons. The van der Waals surface area contributed by atoms with Gasteiger partial charge in [0.25, 0.3) is 0 Å². The zero-order valence-electron chi connectivity index (χ0n) is 9.13. The van der Waals surface area contributed by atoms with Gasteiger partial charge in [-0.2, -0.15) is 0 Å². The molecule has 0 saturated carbocycles. The highest BCUT2D eigenvalue weighted by molar-refractivity contribution is 7.92. The van der Waals surface area contributed by atoms with E-state index in [1.807, 2.05) is 0 Å². The number of hydrogen-bond donors (Lipinski definition) is 1. The zero-order valence-corrected chi connectivity index (χ0v) is 9.95. The van der Waals surface area contributed by atoms with Crippen LogP contribution in [-0.4, -0.2) is 32.3 Å². The Morgan fingerprint density at radius 3 is 2.59 bits per heavy atom. The van der Waals surface area contributed by atoms with Crippen molar-refractivity contribution < 1.29 is 22.7 Å². The first-order chi connectivity index (χ1) is 7.80. The SMILES string of the molecule is CS(=O)(=O)N(CCC(=O)O)c1cccc(F)c1. The first-order valence-electron chi connectivity index (χ1n) is 4.76. The van der Waals surface area contributed by atoms with Crippen LogP contribution < -0.4 is 4.31 Å². The maximum absolute atomic E-state index is 13.0. The van der Waals surface area contributed by atoms with Gasteiger partial charge < -0.3 is 5.11 Å². The van der Waals surface area contributed by atoms with Crippen LogP contribution in [0.2, 0.25) is 0 Å². The van der Waals surface area contributed by atoms with Crippen molar-refractivity contribution in [3.8, 4) is 0 Å².